The molecule has 1 fully saturated rings. The van der Waals surface area contributed by atoms with E-state index in [4.69, 9.17) is 11.6 Å². The molecule has 19 heavy (non-hydrogen) atoms. The van der Waals surface area contributed by atoms with E-state index in [1.54, 1.807) is 0 Å². The number of hydrogen-bond donors (Lipinski definition) is 0. The number of rotatable bonds is 4. The number of nitrogens with zero attached hydrogens (tertiary/aromatic N) is 2. The topological polar surface area (TPSA) is 34.9 Å². The van der Waals surface area contributed by atoms with Crippen molar-refractivity contribution < 1.29 is 4.79 Å². The summed E-state index contributed by atoms with van der Waals surface area (Å²) in [5.41, 5.74) is 1.55. The zero-order valence-corrected chi connectivity index (χ0v) is 12.9. The quantitative estimate of drug-likeness (QED) is 0.838. The van der Waals surface area contributed by atoms with Gasteiger partial charge in [0.25, 0.3) is 0 Å². The third-order valence-electron chi connectivity index (χ3n) is 4.41. The van der Waals surface area contributed by atoms with Crippen molar-refractivity contribution in [3.05, 3.63) is 16.4 Å². The monoisotopic (exact) mass is 282 g/mol. The third-order valence-corrected chi connectivity index (χ3v) is 4.90. The zero-order chi connectivity index (χ0) is 14.0. The second-order valence-electron chi connectivity index (χ2n) is 5.88. The molecule has 3 nitrogen and oxygen atoms in total. The van der Waals surface area contributed by atoms with Crippen LogP contribution in [0.3, 0.4) is 0 Å². The van der Waals surface area contributed by atoms with Gasteiger partial charge in [-0.05, 0) is 26.7 Å². The van der Waals surface area contributed by atoms with Gasteiger partial charge in [-0.25, -0.2) is 0 Å². The lowest BCUT2D eigenvalue weighted by atomic mass is 9.71. The van der Waals surface area contributed by atoms with Gasteiger partial charge in [-0.1, -0.05) is 37.8 Å². The van der Waals surface area contributed by atoms with Crippen LogP contribution in [0.15, 0.2) is 0 Å². The van der Waals surface area contributed by atoms with Crippen molar-refractivity contribution in [2.75, 3.05) is 0 Å². The molecule has 0 amide bonds. The molecule has 0 spiro atoms. The maximum atomic E-state index is 12.6. The lowest BCUT2D eigenvalue weighted by Gasteiger charge is -2.32. The molecule has 0 saturated heterocycles. The van der Waals surface area contributed by atoms with Crippen LogP contribution in [-0.2, 0) is 17.8 Å². The molecule has 0 N–H and O–H groups in total. The van der Waals surface area contributed by atoms with Crippen LogP contribution >= 0.6 is 11.6 Å². The molecule has 106 valence electrons. The first-order valence-electron chi connectivity index (χ1n) is 7.23. The molecule has 1 aliphatic carbocycles. The van der Waals surface area contributed by atoms with Gasteiger partial charge in [-0.2, -0.15) is 5.10 Å². The molecule has 1 aliphatic rings. The second-order valence-corrected chi connectivity index (χ2v) is 6.26. The highest BCUT2D eigenvalue weighted by molar-refractivity contribution is 6.32. The largest absolute Gasteiger partial charge is 0.299 e. The Morgan fingerprint density at radius 1 is 1.37 bits per heavy atom. The minimum Gasteiger partial charge on any atom is -0.299 e. The van der Waals surface area contributed by atoms with Crippen LogP contribution in [0, 0.1) is 12.3 Å². The van der Waals surface area contributed by atoms with Gasteiger partial charge < -0.3 is 0 Å². The second kappa shape index (κ2) is 5.66. The average molecular weight is 283 g/mol. The summed E-state index contributed by atoms with van der Waals surface area (Å²) in [5, 5.41) is 5.04. The van der Waals surface area contributed by atoms with Gasteiger partial charge in [-0.15, -0.1) is 0 Å². The molecule has 0 bridgehead atoms. The smallest absolute Gasteiger partial charge is 0.144 e. The predicted octanol–water partition coefficient (Wildman–Crippen LogP) is 3.95. The summed E-state index contributed by atoms with van der Waals surface area (Å²) in [6.45, 7) is 6.79. The first-order valence-corrected chi connectivity index (χ1v) is 7.61. The Morgan fingerprint density at radius 3 is 2.58 bits per heavy atom. The molecule has 0 unspecified atom stereocenters. The molecule has 2 rings (SSSR count). The van der Waals surface area contributed by atoms with E-state index >= 15 is 0 Å². The SMILES string of the molecule is CCn1nc(C)c(Cl)c1CC(=O)C1(C)CCCCC1. The Balaban J connectivity index is 2.18. The highest BCUT2D eigenvalue weighted by Gasteiger charge is 2.35. The first-order chi connectivity index (χ1) is 8.98. The highest BCUT2D eigenvalue weighted by Crippen LogP contribution is 2.38. The number of carbonyl (C=O) groups is 1. The zero-order valence-electron chi connectivity index (χ0n) is 12.1. The fourth-order valence-corrected chi connectivity index (χ4v) is 3.22. The Hall–Kier alpha value is -0.830. The maximum Gasteiger partial charge on any atom is 0.144 e. The molecular weight excluding hydrogens is 260 g/mol. The van der Waals surface area contributed by atoms with Gasteiger partial charge in [0.2, 0.25) is 0 Å². The van der Waals surface area contributed by atoms with E-state index in [2.05, 4.69) is 12.0 Å². The Labute approximate surface area is 120 Å². The Kier molecular flexibility index (Phi) is 4.34. The summed E-state index contributed by atoms with van der Waals surface area (Å²) in [6.07, 6.45) is 6.05. The van der Waals surface area contributed by atoms with Crippen LogP contribution in [0.2, 0.25) is 5.02 Å². The fraction of sp³-hybridized carbons (Fsp3) is 0.733. The molecule has 0 aliphatic heterocycles. The molecule has 0 aromatic carbocycles. The van der Waals surface area contributed by atoms with E-state index in [9.17, 15) is 4.79 Å². The minimum atomic E-state index is -0.154. The van der Waals surface area contributed by atoms with Crippen LogP contribution in [0.4, 0.5) is 0 Å². The normalized spacial score (nSPS) is 18.5. The lowest BCUT2D eigenvalue weighted by molar-refractivity contribution is -0.129. The van der Waals surface area contributed by atoms with Gasteiger partial charge in [0, 0.05) is 12.0 Å². The van der Waals surface area contributed by atoms with Gasteiger partial charge in [-0.3, -0.25) is 9.48 Å². The van der Waals surface area contributed by atoms with E-state index in [0.717, 1.165) is 30.8 Å². The van der Waals surface area contributed by atoms with Gasteiger partial charge >= 0.3 is 0 Å². The van der Waals surface area contributed by atoms with E-state index in [0.29, 0.717) is 17.2 Å². The minimum absolute atomic E-state index is 0.154. The van der Waals surface area contributed by atoms with Crippen LogP contribution in [-0.4, -0.2) is 15.6 Å². The molecule has 0 atom stereocenters. The number of aromatic nitrogens is 2. The molecule has 1 saturated carbocycles. The lowest BCUT2D eigenvalue weighted by Crippen LogP contribution is -2.32. The van der Waals surface area contributed by atoms with Crippen molar-refractivity contribution in [3.63, 3.8) is 0 Å². The van der Waals surface area contributed by atoms with Crippen LogP contribution < -0.4 is 0 Å². The Bertz CT molecular complexity index is 473. The summed E-state index contributed by atoms with van der Waals surface area (Å²) >= 11 is 6.29. The predicted molar refractivity (Wildman–Crippen MR) is 77.6 cm³/mol. The van der Waals surface area contributed by atoms with Crippen molar-refractivity contribution >= 4 is 17.4 Å². The maximum absolute atomic E-state index is 12.6. The number of aryl methyl sites for hydroxylation is 2. The first kappa shape index (κ1) is 14.6. The fourth-order valence-electron chi connectivity index (χ4n) is 3.01. The molecule has 1 heterocycles. The van der Waals surface area contributed by atoms with Crippen molar-refractivity contribution in [1.82, 2.24) is 9.78 Å². The molecule has 1 aromatic rings. The van der Waals surface area contributed by atoms with Crippen molar-refractivity contribution in [2.24, 2.45) is 5.41 Å². The number of halogens is 1. The van der Waals surface area contributed by atoms with E-state index in [1.165, 1.54) is 19.3 Å². The van der Waals surface area contributed by atoms with Gasteiger partial charge in [0.15, 0.2) is 0 Å². The van der Waals surface area contributed by atoms with Crippen LogP contribution in [0.25, 0.3) is 0 Å². The number of Topliss-reactive ketones (excluding diaryl/α,β-unsaturated/α-hetero) is 1. The summed E-state index contributed by atoms with van der Waals surface area (Å²) in [5.74, 6) is 0.323. The summed E-state index contributed by atoms with van der Waals surface area (Å²) in [6, 6.07) is 0. The van der Waals surface area contributed by atoms with Crippen LogP contribution in [0.5, 0.6) is 0 Å². The average Bonchev–Trinajstić information content (AvgIpc) is 2.67. The molecule has 0 radical (unpaired) electrons. The highest BCUT2D eigenvalue weighted by atomic mass is 35.5. The molecule has 1 aromatic heterocycles. The van der Waals surface area contributed by atoms with E-state index in [-0.39, 0.29) is 5.41 Å². The summed E-state index contributed by atoms with van der Waals surface area (Å²) in [7, 11) is 0. The van der Waals surface area contributed by atoms with Crippen LogP contribution in [0.1, 0.15) is 57.3 Å². The summed E-state index contributed by atoms with van der Waals surface area (Å²) < 4.78 is 1.86. The third kappa shape index (κ3) is 2.86. The van der Waals surface area contributed by atoms with Crippen molar-refractivity contribution in [1.29, 1.82) is 0 Å². The van der Waals surface area contributed by atoms with Crippen molar-refractivity contribution in [3.8, 4) is 0 Å². The number of hydrogen-bond acceptors (Lipinski definition) is 2. The molecular formula is C15H23ClN2O. The van der Waals surface area contributed by atoms with Gasteiger partial charge in [0.05, 0.1) is 22.8 Å². The Morgan fingerprint density at radius 2 is 2.00 bits per heavy atom. The van der Waals surface area contributed by atoms with Gasteiger partial charge in [0.1, 0.15) is 5.78 Å². The molecule has 4 heteroatoms. The number of carbonyl (C=O) groups excluding carboxylic acids is 1. The van der Waals surface area contributed by atoms with E-state index in [1.807, 2.05) is 18.5 Å². The summed E-state index contributed by atoms with van der Waals surface area (Å²) in [4.78, 5) is 12.6. The van der Waals surface area contributed by atoms with Crippen molar-refractivity contribution in [2.45, 2.75) is 65.8 Å². The van der Waals surface area contributed by atoms with E-state index < -0.39 is 0 Å². The number of ketones is 1. The standard InChI is InChI=1S/C15H23ClN2O/c1-4-18-12(14(16)11(2)17-18)10-13(19)15(3)8-6-5-7-9-15/h4-10H2,1-3H3.